The van der Waals surface area contributed by atoms with Gasteiger partial charge in [-0.15, -0.1) is 0 Å². The van der Waals surface area contributed by atoms with E-state index in [2.05, 4.69) is 0 Å². The van der Waals surface area contributed by atoms with Crippen molar-refractivity contribution in [3.8, 4) is 0 Å². The van der Waals surface area contributed by atoms with Gasteiger partial charge in [-0.3, -0.25) is 4.79 Å². The highest BCUT2D eigenvalue weighted by Crippen LogP contribution is 2.64. The molecule has 25 heavy (non-hydrogen) atoms. The molecule has 2 aliphatic carbocycles. The Morgan fingerprint density at radius 1 is 1.28 bits per heavy atom. The maximum Gasteiger partial charge on any atom is 0.336 e. The molecule has 1 saturated heterocycles. The van der Waals surface area contributed by atoms with E-state index in [1.807, 2.05) is 13.0 Å². The van der Waals surface area contributed by atoms with E-state index >= 15 is 0 Å². The number of esters is 2. The molecule has 1 N–H and O–H groups in total. The zero-order chi connectivity index (χ0) is 17.4. The van der Waals surface area contributed by atoms with Crippen molar-refractivity contribution in [1.82, 2.24) is 0 Å². The van der Waals surface area contributed by atoms with E-state index in [0.717, 1.165) is 18.4 Å². The number of ether oxygens (including phenoxy) is 2. The Kier molecular flexibility index (Phi) is 2.89. The van der Waals surface area contributed by atoms with Crippen molar-refractivity contribution < 1.29 is 28.6 Å². The highest BCUT2D eigenvalue weighted by Gasteiger charge is 2.68. The lowest BCUT2D eigenvalue weighted by Crippen LogP contribution is -2.54. The van der Waals surface area contributed by atoms with Crippen LogP contribution in [0.3, 0.4) is 0 Å². The lowest BCUT2D eigenvalue weighted by Gasteiger charge is -2.49. The number of carbonyl (C=O) groups excluding carboxylic acids is 2. The summed E-state index contributed by atoms with van der Waals surface area (Å²) in [7, 11) is 0. The number of carbonyl (C=O) groups is 2. The molecule has 2 aliphatic heterocycles. The van der Waals surface area contributed by atoms with Gasteiger partial charge in [0, 0.05) is 35.5 Å². The summed E-state index contributed by atoms with van der Waals surface area (Å²) < 4.78 is 16.2. The van der Waals surface area contributed by atoms with Crippen LogP contribution in [0.1, 0.15) is 50.7 Å². The zero-order valence-corrected chi connectivity index (χ0v) is 14.0. The van der Waals surface area contributed by atoms with E-state index in [1.54, 1.807) is 12.5 Å². The second-order valence-corrected chi connectivity index (χ2v) is 7.81. The third-order valence-electron chi connectivity index (χ3n) is 6.67. The molecule has 2 fully saturated rings. The highest BCUT2D eigenvalue weighted by atomic mass is 16.7. The number of hydrogen-bond donors (Lipinski definition) is 1. The maximum atomic E-state index is 13.1. The fourth-order valence-electron chi connectivity index (χ4n) is 5.57. The summed E-state index contributed by atoms with van der Waals surface area (Å²) in [4.78, 5) is 25.3. The van der Waals surface area contributed by atoms with Crippen molar-refractivity contribution in [3.05, 3.63) is 35.3 Å². The molecule has 1 aromatic rings. The van der Waals surface area contributed by atoms with Crippen LogP contribution < -0.4 is 0 Å². The molecule has 4 aliphatic rings. The Hall–Kier alpha value is -2.08. The largest absolute Gasteiger partial charge is 0.472 e. The fraction of sp³-hybridized carbons (Fsp3) is 0.579. The van der Waals surface area contributed by atoms with E-state index in [0.29, 0.717) is 24.0 Å². The van der Waals surface area contributed by atoms with Crippen molar-refractivity contribution in [3.63, 3.8) is 0 Å². The molecule has 0 aromatic carbocycles. The zero-order valence-electron chi connectivity index (χ0n) is 14.0. The molecule has 0 radical (unpaired) electrons. The van der Waals surface area contributed by atoms with Crippen molar-refractivity contribution >= 4 is 11.9 Å². The van der Waals surface area contributed by atoms with Crippen LogP contribution in [0.4, 0.5) is 0 Å². The molecule has 1 saturated carbocycles. The van der Waals surface area contributed by atoms with Crippen molar-refractivity contribution in [2.24, 2.45) is 17.3 Å². The van der Waals surface area contributed by atoms with Crippen LogP contribution in [0.5, 0.6) is 0 Å². The number of rotatable bonds is 1. The van der Waals surface area contributed by atoms with E-state index in [9.17, 15) is 14.7 Å². The van der Waals surface area contributed by atoms with Crippen LogP contribution in [0.25, 0.3) is 0 Å². The van der Waals surface area contributed by atoms with Gasteiger partial charge < -0.3 is 19.0 Å². The molecule has 132 valence electrons. The lowest BCUT2D eigenvalue weighted by atomic mass is 9.53. The molecule has 3 heterocycles. The molecular weight excluding hydrogens is 324 g/mol. The Bertz CT molecular complexity index is 793. The molecule has 6 nitrogen and oxygen atoms in total. The summed E-state index contributed by atoms with van der Waals surface area (Å²) >= 11 is 0. The van der Waals surface area contributed by atoms with Crippen LogP contribution in [-0.2, 0) is 19.1 Å². The van der Waals surface area contributed by atoms with Gasteiger partial charge in [-0.1, -0.05) is 6.92 Å². The standard InChI is InChI=1S/C19H20O6/c1-10-7-19(22)15-12(16(20)25-19)3-2-4-13(15)18(10)8-14(24-17(18)21)11-5-6-23-9-11/h5-6,9-10,13-14,22H,2-4,7-8H2,1H3/t10-,13+,14+,18-,19?/m1/s1. The van der Waals surface area contributed by atoms with Crippen LogP contribution in [-0.4, -0.2) is 22.8 Å². The first kappa shape index (κ1) is 15.2. The summed E-state index contributed by atoms with van der Waals surface area (Å²) in [6.45, 7) is 1.95. The molecule has 6 heteroatoms. The van der Waals surface area contributed by atoms with Gasteiger partial charge in [0.2, 0.25) is 5.79 Å². The molecule has 0 amide bonds. The summed E-state index contributed by atoms with van der Waals surface area (Å²) in [6, 6.07) is 1.81. The Labute approximate surface area is 144 Å². The topological polar surface area (TPSA) is 86.0 Å². The minimum absolute atomic E-state index is 0.152. The van der Waals surface area contributed by atoms with E-state index in [1.165, 1.54) is 0 Å². The molecule has 0 bridgehead atoms. The second kappa shape index (κ2) is 4.75. The van der Waals surface area contributed by atoms with E-state index in [4.69, 9.17) is 13.9 Å². The first-order valence-corrected chi connectivity index (χ1v) is 8.88. The minimum atomic E-state index is -1.55. The van der Waals surface area contributed by atoms with Crippen molar-refractivity contribution in [1.29, 1.82) is 0 Å². The molecular formula is C19H20O6. The summed E-state index contributed by atoms with van der Waals surface area (Å²) in [5.41, 5.74) is 1.35. The smallest absolute Gasteiger partial charge is 0.336 e. The minimum Gasteiger partial charge on any atom is -0.472 e. The van der Waals surface area contributed by atoms with Gasteiger partial charge in [-0.05, 0) is 31.2 Å². The summed E-state index contributed by atoms with van der Waals surface area (Å²) in [6.07, 6.45) is 5.79. The van der Waals surface area contributed by atoms with Crippen LogP contribution in [0.15, 0.2) is 34.2 Å². The number of hydrogen-bond acceptors (Lipinski definition) is 6. The summed E-state index contributed by atoms with van der Waals surface area (Å²) in [5, 5.41) is 11.0. The number of furan rings is 1. The van der Waals surface area contributed by atoms with Gasteiger partial charge >= 0.3 is 11.9 Å². The highest BCUT2D eigenvalue weighted by molar-refractivity contribution is 5.94. The number of aliphatic hydroxyl groups is 1. The first-order chi connectivity index (χ1) is 12.0. The SMILES string of the molecule is C[C@@H]1CC2(O)OC(=O)C3=C2[C@H](CCC3)[C@@]12C[C@@H](c1ccoc1)OC2=O. The Morgan fingerprint density at radius 3 is 2.88 bits per heavy atom. The third-order valence-corrected chi connectivity index (χ3v) is 6.67. The Morgan fingerprint density at radius 2 is 2.12 bits per heavy atom. The maximum absolute atomic E-state index is 13.1. The lowest BCUT2D eigenvalue weighted by molar-refractivity contribution is -0.205. The number of fused-ring (bicyclic) bond motifs is 1. The summed E-state index contributed by atoms with van der Waals surface area (Å²) in [5.74, 6) is -2.56. The van der Waals surface area contributed by atoms with Crippen molar-refractivity contribution in [2.45, 2.75) is 50.9 Å². The van der Waals surface area contributed by atoms with Crippen LogP contribution in [0, 0.1) is 17.3 Å². The quantitative estimate of drug-likeness (QED) is 0.788. The van der Waals surface area contributed by atoms with E-state index < -0.39 is 17.2 Å². The average Bonchev–Trinajstić information content (AvgIpc) is 3.25. The van der Waals surface area contributed by atoms with Gasteiger partial charge in [0.05, 0.1) is 17.9 Å². The van der Waals surface area contributed by atoms with Gasteiger partial charge in [0.25, 0.3) is 0 Å². The normalized spacial score (nSPS) is 42.6. The van der Waals surface area contributed by atoms with Gasteiger partial charge in [0.1, 0.15) is 6.10 Å². The van der Waals surface area contributed by atoms with Gasteiger partial charge in [-0.2, -0.15) is 0 Å². The number of cyclic esters (lactones) is 1. The average molecular weight is 344 g/mol. The van der Waals surface area contributed by atoms with Crippen LogP contribution >= 0.6 is 0 Å². The molecule has 1 spiro atoms. The first-order valence-electron chi connectivity index (χ1n) is 8.88. The monoisotopic (exact) mass is 344 g/mol. The molecule has 5 atom stereocenters. The fourth-order valence-corrected chi connectivity index (χ4v) is 5.57. The molecule has 1 unspecified atom stereocenters. The molecule has 5 rings (SSSR count). The third kappa shape index (κ3) is 1.78. The predicted octanol–water partition coefficient (Wildman–Crippen LogP) is 2.64. The van der Waals surface area contributed by atoms with Crippen molar-refractivity contribution in [2.75, 3.05) is 0 Å². The van der Waals surface area contributed by atoms with E-state index in [-0.39, 0.29) is 30.3 Å². The van der Waals surface area contributed by atoms with Gasteiger partial charge in [-0.25, -0.2) is 4.79 Å². The second-order valence-electron chi connectivity index (χ2n) is 7.81. The van der Waals surface area contributed by atoms with Crippen LogP contribution in [0.2, 0.25) is 0 Å². The van der Waals surface area contributed by atoms with Gasteiger partial charge in [0.15, 0.2) is 0 Å². The molecule has 1 aromatic heterocycles. The predicted molar refractivity (Wildman–Crippen MR) is 83.8 cm³/mol. The Balaban J connectivity index is 1.62.